The van der Waals surface area contributed by atoms with Crippen LogP contribution in [-0.2, 0) is 10.0 Å². The topological polar surface area (TPSA) is 143 Å². The first-order chi connectivity index (χ1) is 15.4. The molecule has 1 amide bonds. The van der Waals surface area contributed by atoms with Gasteiger partial charge in [0.25, 0.3) is 5.91 Å². The quantitative estimate of drug-likeness (QED) is 0.329. The first-order valence-electron chi connectivity index (χ1n) is 8.92. The van der Waals surface area contributed by atoms with Crippen molar-refractivity contribution in [1.82, 2.24) is 29.9 Å². The zero-order valence-electron chi connectivity index (χ0n) is 16.3. The van der Waals surface area contributed by atoms with Crippen LogP contribution in [0.15, 0.2) is 79.2 Å². The summed E-state index contributed by atoms with van der Waals surface area (Å²) in [5.74, 6) is -0.406. The third kappa shape index (κ3) is 5.34. The predicted molar refractivity (Wildman–Crippen MR) is 122 cm³/mol. The third-order valence-corrected chi connectivity index (χ3v) is 7.93. The standard InChI is InChI=1S/C18H15N7O3S4/c1-19-32(27,28)12-4-2-11(3-5-12)30-13-6-7-14(31-18-21-10-22-25-18)23-15(13)16(26)24-17-20-8-9-29-17/h2-10,19H,1H3,(H,20,24,26)(H,21,22,25). The highest BCUT2D eigenvalue weighted by molar-refractivity contribution is 7.99. The number of hydrogen-bond acceptors (Lipinski definition) is 10. The highest BCUT2D eigenvalue weighted by atomic mass is 32.2. The van der Waals surface area contributed by atoms with Crippen LogP contribution in [-0.4, -0.2) is 46.5 Å². The maximum atomic E-state index is 12.9. The van der Waals surface area contributed by atoms with E-state index in [0.717, 1.165) is 4.90 Å². The number of benzene rings is 1. The van der Waals surface area contributed by atoms with E-state index in [0.29, 0.717) is 20.2 Å². The van der Waals surface area contributed by atoms with E-state index in [2.05, 4.69) is 35.2 Å². The van der Waals surface area contributed by atoms with Crippen molar-refractivity contribution < 1.29 is 13.2 Å². The Morgan fingerprint density at radius 3 is 2.59 bits per heavy atom. The van der Waals surface area contributed by atoms with Gasteiger partial charge in [-0.15, -0.1) is 21.5 Å². The molecule has 1 aromatic carbocycles. The molecule has 3 aromatic heterocycles. The van der Waals surface area contributed by atoms with Gasteiger partial charge in [-0.2, -0.15) is 0 Å². The van der Waals surface area contributed by atoms with Gasteiger partial charge in [0.1, 0.15) is 17.0 Å². The van der Waals surface area contributed by atoms with Crippen molar-refractivity contribution in [2.45, 2.75) is 24.9 Å². The average Bonchev–Trinajstić information content (AvgIpc) is 3.49. The number of anilines is 1. The number of pyridine rings is 1. The van der Waals surface area contributed by atoms with Crippen molar-refractivity contribution >= 4 is 55.9 Å². The Morgan fingerprint density at radius 1 is 1.12 bits per heavy atom. The smallest absolute Gasteiger partial charge is 0.277 e. The number of sulfonamides is 1. The van der Waals surface area contributed by atoms with Crippen molar-refractivity contribution in [3.05, 3.63) is 60.0 Å². The second-order valence-electron chi connectivity index (χ2n) is 5.96. The molecule has 0 saturated heterocycles. The van der Waals surface area contributed by atoms with E-state index >= 15 is 0 Å². The lowest BCUT2D eigenvalue weighted by molar-refractivity contribution is 0.101. The normalized spacial score (nSPS) is 11.4. The summed E-state index contributed by atoms with van der Waals surface area (Å²) in [5.41, 5.74) is 0.210. The molecule has 0 aliphatic rings. The molecule has 4 rings (SSSR count). The van der Waals surface area contributed by atoms with Crippen LogP contribution in [0.3, 0.4) is 0 Å². The van der Waals surface area contributed by atoms with Gasteiger partial charge in [-0.25, -0.2) is 23.1 Å². The van der Waals surface area contributed by atoms with Crippen LogP contribution in [0.5, 0.6) is 0 Å². The molecular formula is C18H15N7O3S4. The van der Waals surface area contributed by atoms with E-state index in [1.54, 1.807) is 35.8 Å². The summed E-state index contributed by atoms with van der Waals surface area (Å²) in [5, 5.41) is 13.7. The van der Waals surface area contributed by atoms with E-state index < -0.39 is 15.9 Å². The van der Waals surface area contributed by atoms with Crippen molar-refractivity contribution in [1.29, 1.82) is 0 Å². The van der Waals surface area contributed by atoms with E-state index in [4.69, 9.17) is 0 Å². The Bertz CT molecular complexity index is 1310. The maximum absolute atomic E-state index is 12.9. The van der Waals surface area contributed by atoms with Crippen LogP contribution in [0.2, 0.25) is 0 Å². The zero-order valence-corrected chi connectivity index (χ0v) is 19.6. The molecule has 0 aliphatic heterocycles. The zero-order chi connectivity index (χ0) is 22.6. The molecule has 10 nitrogen and oxygen atoms in total. The summed E-state index contributed by atoms with van der Waals surface area (Å²) in [4.78, 5) is 25.9. The lowest BCUT2D eigenvalue weighted by Crippen LogP contribution is -2.18. The summed E-state index contributed by atoms with van der Waals surface area (Å²) in [6.45, 7) is 0. The number of H-pyrrole nitrogens is 1. The van der Waals surface area contributed by atoms with Gasteiger partial charge in [0.2, 0.25) is 10.0 Å². The van der Waals surface area contributed by atoms with Crippen molar-refractivity contribution in [2.75, 3.05) is 12.4 Å². The van der Waals surface area contributed by atoms with Gasteiger partial charge < -0.3 is 4.98 Å². The predicted octanol–water partition coefficient (Wildman–Crippen LogP) is 3.12. The van der Waals surface area contributed by atoms with Gasteiger partial charge in [-0.1, -0.05) is 11.8 Å². The molecule has 3 N–H and O–H groups in total. The number of rotatable bonds is 8. The summed E-state index contributed by atoms with van der Waals surface area (Å²) in [7, 11) is -2.17. The fraction of sp³-hybridized carbons (Fsp3) is 0.0556. The molecule has 0 atom stereocenters. The van der Waals surface area contributed by atoms with E-state index in [1.165, 1.54) is 60.4 Å². The minimum absolute atomic E-state index is 0.156. The van der Waals surface area contributed by atoms with Crippen LogP contribution in [0.1, 0.15) is 10.5 Å². The molecule has 32 heavy (non-hydrogen) atoms. The molecule has 164 valence electrons. The van der Waals surface area contributed by atoms with Gasteiger partial charge in [-0.3, -0.25) is 10.1 Å². The minimum atomic E-state index is -3.53. The Balaban J connectivity index is 1.63. The van der Waals surface area contributed by atoms with E-state index in [9.17, 15) is 13.2 Å². The molecule has 0 spiro atoms. The average molecular weight is 506 g/mol. The van der Waals surface area contributed by atoms with Crippen LogP contribution >= 0.6 is 34.9 Å². The van der Waals surface area contributed by atoms with Gasteiger partial charge in [0.15, 0.2) is 10.3 Å². The molecule has 0 radical (unpaired) electrons. The summed E-state index contributed by atoms with van der Waals surface area (Å²) >= 11 is 3.84. The summed E-state index contributed by atoms with van der Waals surface area (Å²) in [6.07, 6.45) is 3.06. The number of nitrogens with zero attached hydrogens (tertiary/aromatic N) is 4. The molecule has 0 aliphatic carbocycles. The van der Waals surface area contributed by atoms with E-state index in [1.807, 2.05) is 0 Å². The molecule has 4 aromatic rings. The van der Waals surface area contributed by atoms with Gasteiger partial charge in [0, 0.05) is 21.4 Å². The molecule has 0 saturated carbocycles. The number of nitrogens with one attached hydrogen (secondary N) is 3. The van der Waals surface area contributed by atoms with Crippen LogP contribution < -0.4 is 10.0 Å². The fourth-order valence-corrected chi connectivity index (χ4v) is 5.27. The highest BCUT2D eigenvalue weighted by Gasteiger charge is 2.18. The summed E-state index contributed by atoms with van der Waals surface area (Å²) in [6, 6.07) is 9.92. The second-order valence-corrected chi connectivity index (χ2v) is 10.9. The first kappa shape index (κ1) is 22.4. The number of aromatic nitrogens is 5. The molecular weight excluding hydrogens is 491 g/mol. The van der Waals surface area contributed by atoms with Crippen LogP contribution in [0.4, 0.5) is 5.13 Å². The van der Waals surface area contributed by atoms with Crippen LogP contribution in [0.25, 0.3) is 0 Å². The highest BCUT2D eigenvalue weighted by Crippen LogP contribution is 2.33. The van der Waals surface area contributed by atoms with Crippen molar-refractivity contribution in [3.63, 3.8) is 0 Å². The summed E-state index contributed by atoms with van der Waals surface area (Å²) < 4.78 is 26.1. The van der Waals surface area contributed by atoms with Gasteiger partial charge in [0.05, 0.1) is 4.90 Å². The lowest BCUT2D eigenvalue weighted by atomic mass is 10.3. The molecule has 14 heteroatoms. The minimum Gasteiger partial charge on any atom is -0.322 e. The number of carbonyl (C=O) groups is 1. The Kier molecular flexibility index (Phi) is 6.86. The number of hydrogen-bond donors (Lipinski definition) is 3. The molecule has 0 unspecified atom stereocenters. The van der Waals surface area contributed by atoms with E-state index in [-0.39, 0.29) is 10.6 Å². The first-order valence-corrected chi connectivity index (χ1v) is 12.9. The second kappa shape index (κ2) is 9.79. The largest absolute Gasteiger partial charge is 0.322 e. The monoisotopic (exact) mass is 505 g/mol. The van der Waals surface area contributed by atoms with Gasteiger partial charge in [-0.05, 0) is 55.2 Å². The van der Waals surface area contributed by atoms with Crippen molar-refractivity contribution in [3.8, 4) is 0 Å². The third-order valence-electron chi connectivity index (χ3n) is 3.93. The number of amides is 1. The maximum Gasteiger partial charge on any atom is 0.277 e. The van der Waals surface area contributed by atoms with Crippen LogP contribution in [0, 0.1) is 0 Å². The number of thiazole rings is 1. The Hall–Kier alpha value is -2.78. The SMILES string of the molecule is CNS(=O)(=O)c1ccc(Sc2ccc(Sc3nnc[nH]3)nc2C(=O)Nc2nccs2)cc1. The van der Waals surface area contributed by atoms with Crippen molar-refractivity contribution in [2.24, 2.45) is 0 Å². The number of carbonyl (C=O) groups excluding carboxylic acids is 1. The van der Waals surface area contributed by atoms with Gasteiger partial charge >= 0.3 is 0 Å². The lowest BCUT2D eigenvalue weighted by Gasteiger charge is -2.10. The fourth-order valence-electron chi connectivity index (χ4n) is 2.45. The molecule has 3 heterocycles. The molecule has 0 fully saturated rings. The number of aromatic amines is 1. The Labute approximate surface area is 195 Å². The Morgan fingerprint density at radius 2 is 1.94 bits per heavy atom. The molecule has 0 bridgehead atoms.